The normalized spacial score (nSPS) is 15.3. The first-order chi connectivity index (χ1) is 15.9. The Labute approximate surface area is 196 Å². The minimum Gasteiger partial charge on any atom is -0.462 e. The van der Waals surface area contributed by atoms with E-state index >= 15 is 0 Å². The molecule has 1 aliphatic rings. The smallest absolute Gasteiger partial charge is 0.436 e. The summed E-state index contributed by atoms with van der Waals surface area (Å²) in [6.45, 7) is 8.20. The van der Waals surface area contributed by atoms with Gasteiger partial charge in [0.2, 0.25) is 0 Å². The Morgan fingerprint density at radius 1 is 1.15 bits per heavy atom. The van der Waals surface area contributed by atoms with Crippen molar-refractivity contribution in [2.75, 3.05) is 19.7 Å². The van der Waals surface area contributed by atoms with Crippen LogP contribution >= 0.6 is 0 Å². The molecule has 1 saturated heterocycles. The van der Waals surface area contributed by atoms with Crippen LogP contribution in [0.1, 0.15) is 73.6 Å². The maximum Gasteiger partial charge on any atom is 0.436 e. The number of alkyl halides is 3. The molecule has 0 aliphatic carbocycles. The van der Waals surface area contributed by atoms with Gasteiger partial charge in [0.25, 0.3) is 0 Å². The second-order valence-corrected chi connectivity index (χ2v) is 9.29. The van der Waals surface area contributed by atoms with E-state index in [0.717, 1.165) is 34.8 Å². The largest absolute Gasteiger partial charge is 0.462 e. The van der Waals surface area contributed by atoms with E-state index in [1.165, 1.54) is 6.92 Å². The molecule has 2 heterocycles. The van der Waals surface area contributed by atoms with Crippen LogP contribution in [0.2, 0.25) is 0 Å². The summed E-state index contributed by atoms with van der Waals surface area (Å²) < 4.78 is 51.4. The number of benzene rings is 1. The highest BCUT2D eigenvalue weighted by Crippen LogP contribution is 2.32. The molecule has 2 aromatic rings. The van der Waals surface area contributed by atoms with E-state index in [2.05, 4.69) is 5.10 Å². The molecule has 0 unspecified atom stereocenters. The van der Waals surface area contributed by atoms with Crippen molar-refractivity contribution >= 4 is 12.1 Å². The van der Waals surface area contributed by atoms with E-state index < -0.39 is 29.0 Å². The van der Waals surface area contributed by atoms with Crippen molar-refractivity contribution in [3.05, 3.63) is 52.8 Å². The molecule has 1 aromatic heterocycles. The second-order valence-electron chi connectivity index (χ2n) is 9.29. The van der Waals surface area contributed by atoms with Crippen LogP contribution in [0, 0.1) is 0 Å². The minimum atomic E-state index is -4.77. The third-order valence-electron chi connectivity index (χ3n) is 5.44. The van der Waals surface area contributed by atoms with Gasteiger partial charge in [-0.05, 0) is 57.6 Å². The molecule has 0 atom stereocenters. The first-order valence-electron chi connectivity index (χ1n) is 11.3. The number of likely N-dealkylation sites (tertiary alicyclic amines) is 1. The second kappa shape index (κ2) is 10.1. The maximum absolute atomic E-state index is 13.4. The number of ether oxygens (including phenoxy) is 2. The first kappa shape index (κ1) is 25.6. The zero-order valence-electron chi connectivity index (χ0n) is 19.8. The number of esters is 1. The molecule has 10 heteroatoms. The Morgan fingerprint density at radius 3 is 2.41 bits per heavy atom. The lowest BCUT2D eigenvalue weighted by Crippen LogP contribution is -2.41. The molecular weight excluding hydrogens is 451 g/mol. The summed E-state index contributed by atoms with van der Waals surface area (Å²) in [6.07, 6.45) is -2.49. The number of halogens is 3. The fraction of sp³-hybridized carbons (Fsp3) is 0.542. The molecule has 1 fully saturated rings. The maximum atomic E-state index is 13.4. The highest BCUT2D eigenvalue weighted by atomic mass is 19.4. The highest BCUT2D eigenvalue weighted by molar-refractivity contribution is 5.90. The third-order valence-corrected chi connectivity index (χ3v) is 5.44. The summed E-state index contributed by atoms with van der Waals surface area (Å²) in [4.78, 5) is 26.0. The molecule has 3 rings (SSSR count). The number of hydrogen-bond donors (Lipinski definition) is 0. The lowest BCUT2D eigenvalue weighted by Gasteiger charge is -2.33. The summed E-state index contributed by atoms with van der Waals surface area (Å²) in [5.74, 6) is -0.830. The molecule has 0 radical (unpaired) electrons. The van der Waals surface area contributed by atoms with Gasteiger partial charge < -0.3 is 14.4 Å². The number of nitrogens with zero attached hydrogens (tertiary/aromatic N) is 3. The predicted octanol–water partition coefficient (Wildman–Crippen LogP) is 5.24. The predicted molar refractivity (Wildman–Crippen MR) is 119 cm³/mol. The standard InChI is InChI=1S/C24H30F3N3O4/c1-5-33-21(31)19-15-30(28-20(19)24(25,26)27)14-16-7-6-8-18(13-16)17-9-11-29(12-10-17)22(32)34-23(2,3)4/h6-8,13,15,17H,5,9-12,14H2,1-4H3. The van der Waals surface area contributed by atoms with Crippen molar-refractivity contribution in [3.8, 4) is 0 Å². The van der Waals surface area contributed by atoms with E-state index in [4.69, 9.17) is 9.47 Å². The van der Waals surface area contributed by atoms with Crippen molar-refractivity contribution in [3.63, 3.8) is 0 Å². The monoisotopic (exact) mass is 481 g/mol. The Bertz CT molecular complexity index is 1020. The van der Waals surface area contributed by atoms with Crippen LogP contribution in [0.25, 0.3) is 0 Å². The van der Waals surface area contributed by atoms with Crippen LogP contribution in [0.4, 0.5) is 18.0 Å². The SMILES string of the molecule is CCOC(=O)c1cn(Cc2cccc(C3CCN(C(=O)OC(C)(C)C)CC3)c2)nc1C(F)(F)F. The molecule has 1 amide bonds. The molecule has 7 nitrogen and oxygen atoms in total. The van der Waals surface area contributed by atoms with Crippen LogP contribution in [-0.4, -0.2) is 52.0 Å². The molecule has 0 spiro atoms. The lowest BCUT2D eigenvalue weighted by molar-refractivity contribution is -0.142. The molecule has 186 valence electrons. The Balaban J connectivity index is 1.70. The molecule has 0 bridgehead atoms. The van der Waals surface area contributed by atoms with Crippen molar-refractivity contribution in [1.82, 2.24) is 14.7 Å². The fourth-order valence-electron chi connectivity index (χ4n) is 3.92. The van der Waals surface area contributed by atoms with E-state index in [1.807, 2.05) is 39.0 Å². The molecule has 1 aromatic carbocycles. The highest BCUT2D eigenvalue weighted by Gasteiger charge is 2.39. The summed E-state index contributed by atoms with van der Waals surface area (Å²) in [6, 6.07) is 7.57. The summed E-state index contributed by atoms with van der Waals surface area (Å²) >= 11 is 0. The van der Waals surface area contributed by atoms with Gasteiger partial charge in [-0.25, -0.2) is 9.59 Å². The molecule has 34 heavy (non-hydrogen) atoms. The van der Waals surface area contributed by atoms with Gasteiger partial charge in [0.1, 0.15) is 11.2 Å². The summed E-state index contributed by atoms with van der Waals surface area (Å²) in [5, 5.41) is 3.61. The number of amides is 1. The quantitative estimate of drug-likeness (QED) is 0.546. The minimum absolute atomic E-state index is 0.0316. The fourth-order valence-corrected chi connectivity index (χ4v) is 3.92. The van der Waals surface area contributed by atoms with Crippen LogP contribution < -0.4 is 0 Å². The van der Waals surface area contributed by atoms with Crippen molar-refractivity contribution in [2.24, 2.45) is 0 Å². The summed E-state index contributed by atoms with van der Waals surface area (Å²) in [5.41, 5.74) is -0.584. The van der Waals surface area contributed by atoms with Crippen molar-refractivity contribution in [1.29, 1.82) is 0 Å². The Hall–Kier alpha value is -3.04. The molecule has 0 saturated carbocycles. The topological polar surface area (TPSA) is 73.7 Å². The third kappa shape index (κ3) is 6.51. The summed E-state index contributed by atoms with van der Waals surface area (Å²) in [7, 11) is 0. The number of aromatic nitrogens is 2. The average molecular weight is 482 g/mol. The van der Waals surface area contributed by atoms with Crippen LogP contribution in [0.15, 0.2) is 30.5 Å². The number of piperidine rings is 1. The number of rotatable bonds is 5. The number of hydrogen-bond acceptors (Lipinski definition) is 5. The number of carbonyl (C=O) groups excluding carboxylic acids is 2. The van der Waals surface area contributed by atoms with Gasteiger partial charge in [-0.3, -0.25) is 4.68 Å². The molecule has 1 aliphatic heterocycles. The molecular formula is C24H30F3N3O4. The van der Waals surface area contributed by atoms with Crippen LogP contribution in [0.5, 0.6) is 0 Å². The van der Waals surface area contributed by atoms with Crippen molar-refractivity contribution in [2.45, 2.75) is 64.8 Å². The first-order valence-corrected chi connectivity index (χ1v) is 11.3. The van der Waals surface area contributed by atoms with Gasteiger partial charge in [-0.1, -0.05) is 24.3 Å². The average Bonchev–Trinajstić information content (AvgIpc) is 3.18. The van der Waals surface area contributed by atoms with E-state index in [0.29, 0.717) is 13.1 Å². The Kier molecular flexibility index (Phi) is 7.57. The van der Waals surface area contributed by atoms with Gasteiger partial charge in [-0.15, -0.1) is 0 Å². The number of carbonyl (C=O) groups is 2. The van der Waals surface area contributed by atoms with E-state index in [9.17, 15) is 22.8 Å². The zero-order chi connectivity index (χ0) is 25.1. The van der Waals surface area contributed by atoms with E-state index in [1.54, 1.807) is 11.0 Å². The van der Waals surface area contributed by atoms with Gasteiger partial charge in [-0.2, -0.15) is 18.3 Å². The van der Waals surface area contributed by atoms with Gasteiger partial charge in [0.05, 0.1) is 13.2 Å². The lowest BCUT2D eigenvalue weighted by atomic mass is 9.89. The van der Waals surface area contributed by atoms with Gasteiger partial charge >= 0.3 is 18.2 Å². The van der Waals surface area contributed by atoms with Gasteiger partial charge in [0.15, 0.2) is 5.69 Å². The van der Waals surface area contributed by atoms with Crippen LogP contribution in [0.3, 0.4) is 0 Å². The van der Waals surface area contributed by atoms with E-state index in [-0.39, 0.29) is 25.2 Å². The molecule has 0 N–H and O–H groups in total. The van der Waals surface area contributed by atoms with Crippen LogP contribution in [-0.2, 0) is 22.2 Å². The van der Waals surface area contributed by atoms with Crippen molar-refractivity contribution < 1.29 is 32.2 Å². The Morgan fingerprint density at radius 2 is 1.82 bits per heavy atom. The van der Waals surface area contributed by atoms with Gasteiger partial charge in [0, 0.05) is 19.3 Å². The zero-order valence-corrected chi connectivity index (χ0v) is 19.8.